The molecule has 4 N–H and O–H groups in total. The Morgan fingerprint density at radius 2 is 2.07 bits per heavy atom. The molecule has 0 radical (unpaired) electrons. The van der Waals surface area contributed by atoms with Crippen molar-refractivity contribution in [3.63, 3.8) is 0 Å². The van der Waals surface area contributed by atoms with Crippen molar-refractivity contribution in [2.24, 2.45) is 23.5 Å². The molecule has 11 heteroatoms. The molecule has 4 atom stereocenters. The van der Waals surface area contributed by atoms with Gasteiger partial charge in [-0.25, -0.2) is 4.98 Å². The van der Waals surface area contributed by atoms with Crippen LogP contribution in [0.1, 0.15) is 6.42 Å². The molecule has 10 nitrogen and oxygen atoms in total. The van der Waals surface area contributed by atoms with Crippen LogP contribution in [-0.2, 0) is 16.1 Å². The molecule has 4 rings (SSSR count). The van der Waals surface area contributed by atoms with Crippen molar-refractivity contribution in [2.45, 2.75) is 19.0 Å². The van der Waals surface area contributed by atoms with Gasteiger partial charge in [0, 0.05) is 26.3 Å². The SMILES string of the molecule is CN(C)C(=O)Cn1cc(Nc2ncc(Cl)c(NC3C4C=CC(C4)C3C(N)=O)n2)cn1. The highest BCUT2D eigenvalue weighted by molar-refractivity contribution is 6.32. The number of nitrogens with two attached hydrogens (primary N) is 1. The minimum absolute atomic E-state index is 0.0669. The van der Waals surface area contributed by atoms with Gasteiger partial charge < -0.3 is 21.3 Å². The molecule has 0 aromatic carbocycles. The molecule has 0 spiro atoms. The Morgan fingerprint density at radius 1 is 1.30 bits per heavy atom. The van der Waals surface area contributed by atoms with Gasteiger partial charge in [-0.1, -0.05) is 23.8 Å². The second-order valence-electron chi connectivity index (χ2n) is 7.78. The predicted octanol–water partition coefficient (Wildman–Crippen LogP) is 1.25. The van der Waals surface area contributed by atoms with E-state index in [1.54, 1.807) is 26.5 Å². The third-order valence-electron chi connectivity index (χ3n) is 5.52. The van der Waals surface area contributed by atoms with Crippen molar-refractivity contribution in [2.75, 3.05) is 24.7 Å². The molecule has 2 aliphatic carbocycles. The number of nitrogens with zero attached hydrogens (tertiary/aromatic N) is 5. The molecule has 2 heterocycles. The summed E-state index contributed by atoms with van der Waals surface area (Å²) in [5.74, 6) is 0.419. The van der Waals surface area contributed by atoms with Gasteiger partial charge in [-0.3, -0.25) is 14.3 Å². The van der Waals surface area contributed by atoms with Crippen LogP contribution in [0.15, 0.2) is 30.7 Å². The van der Waals surface area contributed by atoms with Crippen molar-refractivity contribution in [1.82, 2.24) is 24.6 Å². The van der Waals surface area contributed by atoms with Gasteiger partial charge in [0.25, 0.3) is 0 Å². The Bertz CT molecular complexity index is 1000. The summed E-state index contributed by atoms with van der Waals surface area (Å²) in [6.07, 6.45) is 9.82. The average molecular weight is 431 g/mol. The highest BCUT2D eigenvalue weighted by Gasteiger charge is 2.47. The molecule has 158 valence electrons. The van der Waals surface area contributed by atoms with E-state index in [4.69, 9.17) is 17.3 Å². The third-order valence-corrected chi connectivity index (χ3v) is 5.80. The maximum absolute atomic E-state index is 11.9. The molecule has 2 aromatic heterocycles. The first-order valence-corrected chi connectivity index (χ1v) is 9.96. The summed E-state index contributed by atoms with van der Waals surface area (Å²) in [5.41, 5.74) is 6.26. The number of fused-ring (bicyclic) bond motifs is 2. The molecule has 1 saturated carbocycles. The summed E-state index contributed by atoms with van der Waals surface area (Å²) >= 11 is 6.29. The normalized spacial score (nSPS) is 24.1. The summed E-state index contributed by atoms with van der Waals surface area (Å²) < 4.78 is 1.53. The first kappa shape index (κ1) is 20.1. The van der Waals surface area contributed by atoms with Gasteiger partial charge in [-0.2, -0.15) is 10.1 Å². The van der Waals surface area contributed by atoms with Gasteiger partial charge in [-0.05, 0) is 18.3 Å². The van der Waals surface area contributed by atoms with Gasteiger partial charge in [0.2, 0.25) is 17.8 Å². The van der Waals surface area contributed by atoms with E-state index in [1.807, 2.05) is 0 Å². The maximum atomic E-state index is 11.9. The van der Waals surface area contributed by atoms with Crippen LogP contribution in [0, 0.1) is 17.8 Å². The molecule has 2 bridgehead atoms. The third kappa shape index (κ3) is 3.95. The smallest absolute Gasteiger partial charge is 0.243 e. The molecule has 30 heavy (non-hydrogen) atoms. The average Bonchev–Trinajstić information content (AvgIpc) is 3.40. The van der Waals surface area contributed by atoms with E-state index in [0.29, 0.717) is 22.5 Å². The summed E-state index contributed by atoms with van der Waals surface area (Å²) in [6, 6.07) is -0.155. The Balaban J connectivity index is 1.48. The zero-order chi connectivity index (χ0) is 21.4. The van der Waals surface area contributed by atoms with E-state index in [-0.39, 0.29) is 42.2 Å². The molecule has 0 aliphatic heterocycles. The number of anilines is 3. The quantitative estimate of drug-likeness (QED) is 0.563. The van der Waals surface area contributed by atoms with Crippen molar-refractivity contribution >= 4 is 40.9 Å². The molecular weight excluding hydrogens is 408 g/mol. The van der Waals surface area contributed by atoms with Crippen LogP contribution in [0.4, 0.5) is 17.5 Å². The Morgan fingerprint density at radius 3 is 2.80 bits per heavy atom. The number of primary amides is 1. The number of halogens is 1. The number of allylic oxidation sites excluding steroid dienone is 1. The van der Waals surface area contributed by atoms with Crippen molar-refractivity contribution in [3.8, 4) is 0 Å². The summed E-state index contributed by atoms with van der Waals surface area (Å²) in [6.45, 7) is 0.134. The van der Waals surface area contributed by atoms with Crippen LogP contribution in [0.3, 0.4) is 0 Å². The topological polar surface area (TPSA) is 131 Å². The van der Waals surface area contributed by atoms with E-state index in [9.17, 15) is 9.59 Å². The number of aromatic nitrogens is 4. The second kappa shape index (κ2) is 7.94. The first-order chi connectivity index (χ1) is 14.3. The van der Waals surface area contributed by atoms with E-state index in [2.05, 4.69) is 37.9 Å². The van der Waals surface area contributed by atoms with Crippen molar-refractivity contribution < 1.29 is 9.59 Å². The lowest BCUT2D eigenvalue weighted by molar-refractivity contribution is -0.129. The largest absolute Gasteiger partial charge is 0.369 e. The molecule has 2 aliphatic rings. The molecule has 0 saturated heterocycles. The highest BCUT2D eigenvalue weighted by Crippen LogP contribution is 2.45. The highest BCUT2D eigenvalue weighted by atomic mass is 35.5. The predicted molar refractivity (Wildman–Crippen MR) is 112 cm³/mol. The molecule has 2 amide bonds. The Kier molecular flexibility index (Phi) is 5.33. The van der Waals surface area contributed by atoms with E-state index < -0.39 is 0 Å². The van der Waals surface area contributed by atoms with Gasteiger partial charge in [-0.15, -0.1) is 0 Å². The summed E-state index contributed by atoms with van der Waals surface area (Å²) in [7, 11) is 3.38. The lowest BCUT2D eigenvalue weighted by atomic mass is 9.88. The van der Waals surface area contributed by atoms with Crippen molar-refractivity contribution in [3.05, 3.63) is 35.8 Å². The number of nitrogens with one attached hydrogen (secondary N) is 2. The van der Waals surface area contributed by atoms with Gasteiger partial charge in [0.05, 0.1) is 24.0 Å². The number of likely N-dealkylation sites (N-methyl/N-ethyl adjacent to an activating group) is 1. The van der Waals surface area contributed by atoms with Gasteiger partial charge in [0.15, 0.2) is 5.82 Å². The van der Waals surface area contributed by atoms with Crippen LogP contribution in [0.5, 0.6) is 0 Å². The fourth-order valence-electron chi connectivity index (χ4n) is 4.02. The number of rotatable bonds is 7. The first-order valence-electron chi connectivity index (χ1n) is 9.58. The number of hydrogen-bond donors (Lipinski definition) is 3. The van der Waals surface area contributed by atoms with Crippen LogP contribution in [-0.4, -0.2) is 56.6 Å². The molecule has 4 unspecified atom stereocenters. The summed E-state index contributed by atoms with van der Waals surface area (Å²) in [4.78, 5) is 33.9. The molecule has 1 fully saturated rings. The second-order valence-corrected chi connectivity index (χ2v) is 8.18. The molecule has 2 aromatic rings. The Hall–Kier alpha value is -3.14. The lowest BCUT2D eigenvalue weighted by Gasteiger charge is -2.27. The zero-order valence-electron chi connectivity index (χ0n) is 16.6. The summed E-state index contributed by atoms with van der Waals surface area (Å²) in [5, 5.41) is 10.9. The van der Waals surface area contributed by atoms with E-state index in [0.717, 1.165) is 6.42 Å². The fraction of sp³-hybridized carbons (Fsp3) is 0.421. The minimum atomic E-state index is -0.326. The number of carbonyl (C=O) groups excluding carboxylic acids is 2. The molecular formula is C19H23ClN8O2. The number of amides is 2. The minimum Gasteiger partial charge on any atom is -0.369 e. The van der Waals surface area contributed by atoms with Crippen LogP contribution < -0.4 is 16.4 Å². The van der Waals surface area contributed by atoms with Gasteiger partial charge >= 0.3 is 0 Å². The number of hydrogen-bond acceptors (Lipinski definition) is 7. The van der Waals surface area contributed by atoms with E-state index in [1.165, 1.54) is 15.8 Å². The maximum Gasteiger partial charge on any atom is 0.243 e. The number of carbonyl (C=O) groups is 2. The van der Waals surface area contributed by atoms with Crippen LogP contribution in [0.2, 0.25) is 5.02 Å². The lowest BCUT2D eigenvalue weighted by Crippen LogP contribution is -2.41. The standard InChI is InChI=1S/C19H23ClN8O2/c1-27(2)14(29)9-28-8-12(6-23-28)24-19-22-7-13(20)18(26-19)25-16-11-4-3-10(5-11)15(16)17(21)30/h3-4,6-8,10-11,15-16H,5,9H2,1-2H3,(H2,21,30)(H2,22,24,25,26). The monoisotopic (exact) mass is 430 g/mol. The van der Waals surface area contributed by atoms with Crippen LogP contribution >= 0.6 is 11.6 Å². The zero-order valence-corrected chi connectivity index (χ0v) is 17.4. The van der Waals surface area contributed by atoms with Crippen molar-refractivity contribution in [1.29, 1.82) is 0 Å². The Labute approximate surface area is 178 Å². The van der Waals surface area contributed by atoms with Gasteiger partial charge in [0.1, 0.15) is 11.6 Å². The fourth-order valence-corrected chi connectivity index (χ4v) is 4.16. The van der Waals surface area contributed by atoms with Crippen LogP contribution in [0.25, 0.3) is 0 Å². The van der Waals surface area contributed by atoms with E-state index >= 15 is 0 Å².